The monoisotopic (exact) mass is 342 g/mol. The van der Waals surface area contributed by atoms with Gasteiger partial charge in [-0.3, -0.25) is 14.6 Å². The van der Waals surface area contributed by atoms with Gasteiger partial charge in [-0.15, -0.1) is 0 Å². The number of carbonyl (C=O) groups is 2. The Balaban J connectivity index is 2.24. The zero-order chi connectivity index (χ0) is 14.8. The van der Waals surface area contributed by atoms with Crippen LogP contribution in [0.2, 0.25) is 0 Å². The molecule has 0 bridgehead atoms. The molecule has 1 aliphatic rings. The number of carbonyl (C=O) groups excluding carboxylic acids is 2. The van der Waals surface area contributed by atoms with Gasteiger partial charge in [-0.2, -0.15) is 0 Å². The number of nitrogens with one attached hydrogen (secondary N) is 1. The van der Waals surface area contributed by atoms with Crippen LogP contribution >= 0.6 is 15.9 Å². The zero-order valence-electron chi connectivity index (χ0n) is 10.9. The molecule has 0 saturated heterocycles. The second-order valence-electron chi connectivity index (χ2n) is 4.50. The number of benzene rings is 2. The number of aldehydes is 1. The average Bonchev–Trinajstić information content (AvgIpc) is 2.54. The molecule has 0 unspecified atom stereocenters. The van der Waals surface area contributed by atoms with E-state index >= 15 is 0 Å². The molecule has 0 atom stereocenters. The molecular weight excluding hydrogens is 332 g/mol. The maximum Gasteiger partial charge on any atom is 0.244 e. The molecule has 3 rings (SSSR count). The molecule has 2 aromatic rings. The summed E-state index contributed by atoms with van der Waals surface area (Å²) in [6, 6.07) is 14.9. The number of anilines is 1. The SMILES string of the molecule is O=CC(=O)C1=c2ccccc2=CNN1c1ccc(Br)cc1. The smallest absolute Gasteiger partial charge is 0.244 e. The Labute approximate surface area is 129 Å². The van der Waals surface area contributed by atoms with Gasteiger partial charge in [0.05, 0.1) is 5.69 Å². The van der Waals surface area contributed by atoms with Crippen molar-refractivity contribution in [2.24, 2.45) is 0 Å². The van der Waals surface area contributed by atoms with E-state index in [0.717, 1.165) is 20.6 Å². The minimum Gasteiger partial charge on any atom is -0.300 e. The van der Waals surface area contributed by atoms with E-state index in [1.165, 1.54) is 0 Å². The number of Topliss-reactive ketones (excluding diaryl/α,β-unsaturated/α-hetero) is 1. The van der Waals surface area contributed by atoms with E-state index in [1.807, 2.05) is 48.5 Å². The van der Waals surface area contributed by atoms with Gasteiger partial charge in [0.2, 0.25) is 5.78 Å². The summed E-state index contributed by atoms with van der Waals surface area (Å²) in [5, 5.41) is 3.22. The normalized spacial score (nSPS) is 13.0. The molecule has 1 heterocycles. The largest absolute Gasteiger partial charge is 0.300 e. The first-order valence-corrected chi connectivity index (χ1v) is 7.11. The summed E-state index contributed by atoms with van der Waals surface area (Å²) in [4.78, 5) is 23.1. The maximum atomic E-state index is 12.1. The quantitative estimate of drug-likeness (QED) is 0.670. The summed E-state index contributed by atoms with van der Waals surface area (Å²) < 4.78 is 0.941. The highest BCUT2D eigenvalue weighted by atomic mass is 79.9. The molecule has 1 aliphatic heterocycles. The first kappa shape index (κ1) is 13.6. The predicted octanol–water partition coefficient (Wildman–Crippen LogP) is 1.09. The Morgan fingerprint density at radius 2 is 1.81 bits per heavy atom. The van der Waals surface area contributed by atoms with E-state index in [0.29, 0.717) is 12.0 Å². The molecule has 0 amide bonds. The second kappa shape index (κ2) is 5.54. The van der Waals surface area contributed by atoms with E-state index in [9.17, 15) is 9.59 Å². The molecular formula is C16H11BrN2O2. The molecule has 5 heteroatoms. The second-order valence-corrected chi connectivity index (χ2v) is 5.42. The van der Waals surface area contributed by atoms with Crippen molar-refractivity contribution in [3.63, 3.8) is 0 Å². The van der Waals surface area contributed by atoms with Crippen LogP contribution in [0.4, 0.5) is 5.69 Å². The highest BCUT2D eigenvalue weighted by Gasteiger charge is 2.21. The Hall–Kier alpha value is -2.40. The average molecular weight is 343 g/mol. The molecule has 4 nitrogen and oxygen atoms in total. The molecule has 1 N–H and O–H groups in total. The van der Waals surface area contributed by atoms with E-state index in [2.05, 4.69) is 21.4 Å². The van der Waals surface area contributed by atoms with Crippen molar-refractivity contribution >= 4 is 45.6 Å². The zero-order valence-corrected chi connectivity index (χ0v) is 12.5. The molecule has 0 aromatic heterocycles. The Kier molecular flexibility index (Phi) is 3.58. The number of nitrogens with zero attached hydrogens (tertiary/aromatic N) is 1. The first-order valence-electron chi connectivity index (χ1n) is 6.31. The summed E-state index contributed by atoms with van der Waals surface area (Å²) in [6.45, 7) is 0. The summed E-state index contributed by atoms with van der Waals surface area (Å²) in [5.41, 5.74) is 4.15. The minimum atomic E-state index is -0.564. The van der Waals surface area contributed by atoms with Crippen molar-refractivity contribution < 1.29 is 9.59 Å². The number of hydrogen-bond acceptors (Lipinski definition) is 4. The number of fused-ring (bicyclic) bond motifs is 1. The molecule has 0 radical (unpaired) electrons. The van der Waals surface area contributed by atoms with Crippen molar-refractivity contribution in [3.8, 4) is 0 Å². The van der Waals surface area contributed by atoms with Gasteiger partial charge in [-0.1, -0.05) is 40.2 Å². The molecule has 104 valence electrons. The molecule has 0 aliphatic carbocycles. The fraction of sp³-hybridized carbons (Fsp3) is 0. The van der Waals surface area contributed by atoms with Crippen LogP contribution in [-0.4, -0.2) is 12.1 Å². The van der Waals surface area contributed by atoms with Crippen LogP contribution in [0.25, 0.3) is 11.9 Å². The standard InChI is InChI=1S/C16H11BrN2O2/c17-12-5-7-13(8-6-12)19-16(15(21)10-20)14-4-2-1-3-11(14)9-18-19/h1-10,18H. The van der Waals surface area contributed by atoms with Gasteiger partial charge in [0.1, 0.15) is 5.70 Å². The third-order valence-corrected chi connectivity index (χ3v) is 3.74. The van der Waals surface area contributed by atoms with Crippen molar-refractivity contribution in [1.29, 1.82) is 0 Å². The van der Waals surface area contributed by atoms with Gasteiger partial charge in [0.25, 0.3) is 0 Å². The molecule has 0 saturated carbocycles. The molecule has 21 heavy (non-hydrogen) atoms. The number of ketones is 1. The van der Waals surface area contributed by atoms with Crippen LogP contribution in [0.5, 0.6) is 0 Å². The lowest BCUT2D eigenvalue weighted by atomic mass is 10.1. The van der Waals surface area contributed by atoms with Gasteiger partial charge in [0, 0.05) is 21.1 Å². The van der Waals surface area contributed by atoms with E-state index in [1.54, 1.807) is 11.2 Å². The van der Waals surface area contributed by atoms with Gasteiger partial charge >= 0.3 is 0 Å². The Morgan fingerprint density at radius 3 is 2.52 bits per heavy atom. The summed E-state index contributed by atoms with van der Waals surface area (Å²) >= 11 is 3.38. The van der Waals surface area contributed by atoms with Crippen LogP contribution < -0.4 is 20.9 Å². The van der Waals surface area contributed by atoms with Gasteiger partial charge in [-0.25, -0.2) is 0 Å². The van der Waals surface area contributed by atoms with Crippen molar-refractivity contribution in [2.75, 3.05) is 5.01 Å². The van der Waals surface area contributed by atoms with Crippen LogP contribution in [-0.2, 0) is 9.59 Å². The number of hydrazine groups is 1. The summed E-state index contributed by atoms with van der Waals surface area (Å²) in [7, 11) is 0. The number of rotatable bonds is 3. The van der Waals surface area contributed by atoms with E-state index in [4.69, 9.17) is 0 Å². The predicted molar refractivity (Wildman–Crippen MR) is 84.4 cm³/mol. The topological polar surface area (TPSA) is 49.4 Å². The van der Waals surface area contributed by atoms with Crippen LogP contribution in [0.15, 0.2) is 53.0 Å². The summed E-state index contributed by atoms with van der Waals surface area (Å²) in [6.07, 6.45) is 2.14. The van der Waals surface area contributed by atoms with Gasteiger partial charge < -0.3 is 5.43 Å². The van der Waals surface area contributed by atoms with Crippen molar-refractivity contribution in [3.05, 3.63) is 63.4 Å². The van der Waals surface area contributed by atoms with E-state index < -0.39 is 5.78 Å². The first-order chi connectivity index (χ1) is 10.2. The lowest BCUT2D eigenvalue weighted by Gasteiger charge is -2.28. The Morgan fingerprint density at radius 1 is 1.10 bits per heavy atom. The van der Waals surface area contributed by atoms with Crippen molar-refractivity contribution in [2.45, 2.75) is 0 Å². The fourth-order valence-corrected chi connectivity index (χ4v) is 2.51. The van der Waals surface area contributed by atoms with E-state index in [-0.39, 0.29) is 0 Å². The third-order valence-electron chi connectivity index (χ3n) is 3.21. The lowest BCUT2D eigenvalue weighted by Crippen LogP contribution is -2.48. The van der Waals surface area contributed by atoms with Gasteiger partial charge in [0.15, 0.2) is 6.29 Å². The Bertz CT molecular complexity index is 828. The number of halogens is 1. The molecule has 0 spiro atoms. The van der Waals surface area contributed by atoms with Crippen molar-refractivity contribution in [1.82, 2.24) is 5.43 Å². The fourth-order valence-electron chi connectivity index (χ4n) is 2.25. The minimum absolute atomic E-state index is 0.324. The van der Waals surface area contributed by atoms with Crippen LogP contribution in [0.1, 0.15) is 0 Å². The van der Waals surface area contributed by atoms with Crippen LogP contribution in [0, 0.1) is 0 Å². The van der Waals surface area contributed by atoms with Gasteiger partial charge in [-0.05, 0) is 24.3 Å². The summed E-state index contributed by atoms with van der Waals surface area (Å²) in [5.74, 6) is -0.564. The highest BCUT2D eigenvalue weighted by Crippen LogP contribution is 2.21. The number of hydrogen-bond donors (Lipinski definition) is 1. The lowest BCUT2D eigenvalue weighted by molar-refractivity contribution is -0.126. The van der Waals surface area contributed by atoms with Crippen LogP contribution in [0.3, 0.4) is 0 Å². The highest BCUT2D eigenvalue weighted by molar-refractivity contribution is 9.10. The molecule has 2 aromatic carbocycles. The third kappa shape index (κ3) is 2.48. The maximum absolute atomic E-state index is 12.1. The molecule has 0 fully saturated rings.